The molecule has 0 aliphatic heterocycles. The van der Waals surface area contributed by atoms with Crippen molar-refractivity contribution in [2.75, 3.05) is 17.7 Å². The van der Waals surface area contributed by atoms with Gasteiger partial charge in [0.15, 0.2) is 0 Å². The van der Waals surface area contributed by atoms with E-state index in [1.807, 2.05) is 0 Å². The molecule has 0 saturated carbocycles. The van der Waals surface area contributed by atoms with Crippen LogP contribution in [-0.4, -0.2) is 22.7 Å². The van der Waals surface area contributed by atoms with Gasteiger partial charge in [-0.05, 0) is 19.4 Å². The van der Waals surface area contributed by atoms with Gasteiger partial charge in [0.2, 0.25) is 0 Å². The minimum atomic E-state index is -4.50. The lowest BCUT2D eigenvalue weighted by molar-refractivity contribution is -0.141. The van der Waals surface area contributed by atoms with Gasteiger partial charge >= 0.3 is 6.18 Å². The van der Waals surface area contributed by atoms with Crippen LogP contribution in [-0.2, 0) is 6.18 Å². The number of aliphatic hydroxyl groups excluding tert-OH is 1. The van der Waals surface area contributed by atoms with Crippen molar-refractivity contribution >= 4 is 11.4 Å². The van der Waals surface area contributed by atoms with Crippen LogP contribution >= 0.6 is 0 Å². The highest BCUT2D eigenvalue weighted by atomic mass is 19.4. The maximum atomic E-state index is 12.4. The minimum Gasteiger partial charge on any atom is -0.396 e. The molecule has 0 saturated heterocycles. The Bertz CT molecular complexity index is 382. The maximum Gasteiger partial charge on any atom is 0.433 e. The highest BCUT2D eigenvalue weighted by molar-refractivity contribution is 5.65. The van der Waals surface area contributed by atoms with E-state index >= 15 is 0 Å². The lowest BCUT2D eigenvalue weighted by atomic mass is 10.2. The number of aliphatic hydroxyl groups is 1. The molecular weight excluding hydrogens is 235 g/mol. The summed E-state index contributed by atoms with van der Waals surface area (Å²) in [5.41, 5.74) is 4.84. The first-order valence-corrected chi connectivity index (χ1v) is 5.04. The molecule has 4 N–H and O–H groups in total. The molecule has 7 heteroatoms. The van der Waals surface area contributed by atoms with Gasteiger partial charge in [0.05, 0.1) is 17.6 Å². The van der Waals surface area contributed by atoms with Gasteiger partial charge in [0.25, 0.3) is 0 Å². The summed E-state index contributed by atoms with van der Waals surface area (Å²) in [5, 5.41) is 11.5. The number of hydrogen-bond donors (Lipinski definition) is 3. The molecule has 1 aromatic rings. The van der Waals surface area contributed by atoms with Gasteiger partial charge in [-0.3, -0.25) is 0 Å². The smallest absolute Gasteiger partial charge is 0.396 e. The average molecular weight is 249 g/mol. The fraction of sp³-hybridized carbons (Fsp3) is 0.500. The number of pyridine rings is 1. The quantitative estimate of drug-likeness (QED) is 0.761. The molecule has 4 nitrogen and oxygen atoms in total. The second kappa shape index (κ2) is 5.22. The van der Waals surface area contributed by atoms with E-state index in [-0.39, 0.29) is 24.0 Å². The van der Waals surface area contributed by atoms with Gasteiger partial charge in [0.1, 0.15) is 5.69 Å². The summed E-state index contributed by atoms with van der Waals surface area (Å²) in [5.74, 6) is 0. The Morgan fingerprint density at radius 2 is 2.18 bits per heavy atom. The zero-order chi connectivity index (χ0) is 13.1. The molecule has 0 amide bonds. The second-order valence-corrected chi connectivity index (χ2v) is 3.71. The lowest BCUT2D eigenvalue weighted by Gasteiger charge is -2.16. The fourth-order valence-electron chi connectivity index (χ4n) is 1.28. The Balaban J connectivity index is 2.91. The number of nitrogens with zero attached hydrogens (tertiary/aromatic N) is 1. The SMILES string of the molecule is CC(CCO)Nc1cc(C(F)(F)F)ncc1N. The third-order valence-electron chi connectivity index (χ3n) is 2.19. The lowest BCUT2D eigenvalue weighted by Crippen LogP contribution is -2.18. The van der Waals surface area contributed by atoms with Crippen molar-refractivity contribution in [2.24, 2.45) is 0 Å². The third-order valence-corrected chi connectivity index (χ3v) is 2.19. The van der Waals surface area contributed by atoms with Crippen LogP contribution in [0.2, 0.25) is 0 Å². The van der Waals surface area contributed by atoms with E-state index in [4.69, 9.17) is 10.8 Å². The number of nitrogen functional groups attached to an aromatic ring is 1. The molecule has 0 aliphatic carbocycles. The van der Waals surface area contributed by atoms with Crippen LogP contribution in [0.3, 0.4) is 0 Å². The first-order chi connectivity index (χ1) is 7.84. The summed E-state index contributed by atoms with van der Waals surface area (Å²) < 4.78 is 37.2. The number of rotatable bonds is 4. The van der Waals surface area contributed by atoms with E-state index in [0.29, 0.717) is 6.42 Å². The van der Waals surface area contributed by atoms with Crippen LogP contribution in [0, 0.1) is 0 Å². The van der Waals surface area contributed by atoms with Crippen LogP contribution in [0.15, 0.2) is 12.3 Å². The van der Waals surface area contributed by atoms with Crippen molar-refractivity contribution in [3.63, 3.8) is 0 Å². The fourth-order valence-corrected chi connectivity index (χ4v) is 1.28. The molecule has 1 unspecified atom stereocenters. The van der Waals surface area contributed by atoms with Gasteiger partial charge in [0, 0.05) is 12.6 Å². The summed E-state index contributed by atoms with van der Waals surface area (Å²) in [6.07, 6.45) is -3.11. The normalized spacial score (nSPS) is 13.5. The molecule has 1 atom stereocenters. The topological polar surface area (TPSA) is 71.2 Å². The number of hydrogen-bond acceptors (Lipinski definition) is 4. The first kappa shape index (κ1) is 13.6. The summed E-state index contributed by atoms with van der Waals surface area (Å²) in [7, 11) is 0. The Morgan fingerprint density at radius 1 is 1.53 bits per heavy atom. The number of nitrogens with two attached hydrogens (primary N) is 1. The summed E-state index contributed by atoms with van der Waals surface area (Å²) in [6.45, 7) is 1.69. The monoisotopic (exact) mass is 249 g/mol. The van der Waals surface area contributed by atoms with Crippen LogP contribution < -0.4 is 11.1 Å². The molecule has 0 spiro atoms. The largest absolute Gasteiger partial charge is 0.433 e. The van der Waals surface area contributed by atoms with Crippen LogP contribution in [0.5, 0.6) is 0 Å². The van der Waals surface area contributed by atoms with Gasteiger partial charge in [-0.1, -0.05) is 0 Å². The average Bonchev–Trinajstić information content (AvgIpc) is 2.20. The molecular formula is C10H14F3N3O. The van der Waals surface area contributed by atoms with Crippen molar-refractivity contribution in [1.29, 1.82) is 0 Å². The predicted octanol–water partition coefficient (Wildman–Crippen LogP) is 1.87. The van der Waals surface area contributed by atoms with Crippen molar-refractivity contribution in [2.45, 2.75) is 25.6 Å². The Hall–Kier alpha value is -1.50. The van der Waals surface area contributed by atoms with Gasteiger partial charge in [-0.15, -0.1) is 0 Å². The summed E-state index contributed by atoms with van der Waals surface area (Å²) in [4.78, 5) is 3.22. The summed E-state index contributed by atoms with van der Waals surface area (Å²) >= 11 is 0. The molecule has 0 bridgehead atoms. The van der Waals surface area contributed by atoms with Gasteiger partial charge < -0.3 is 16.2 Å². The van der Waals surface area contributed by atoms with E-state index < -0.39 is 11.9 Å². The molecule has 96 valence electrons. The van der Waals surface area contributed by atoms with E-state index in [1.54, 1.807) is 6.92 Å². The van der Waals surface area contributed by atoms with Crippen molar-refractivity contribution in [3.05, 3.63) is 18.0 Å². The highest BCUT2D eigenvalue weighted by Crippen LogP contribution is 2.31. The van der Waals surface area contributed by atoms with Crippen molar-refractivity contribution in [3.8, 4) is 0 Å². The molecule has 0 fully saturated rings. The number of anilines is 2. The zero-order valence-electron chi connectivity index (χ0n) is 9.25. The van der Waals surface area contributed by atoms with E-state index in [9.17, 15) is 13.2 Å². The number of nitrogens with one attached hydrogen (secondary N) is 1. The minimum absolute atomic E-state index is 0.0503. The van der Waals surface area contributed by atoms with Crippen LogP contribution in [0.1, 0.15) is 19.0 Å². The Labute approximate surface area is 96.7 Å². The Kier molecular flexibility index (Phi) is 4.17. The number of alkyl halides is 3. The van der Waals surface area contributed by atoms with Crippen molar-refractivity contribution < 1.29 is 18.3 Å². The molecule has 0 radical (unpaired) electrons. The van der Waals surface area contributed by atoms with Crippen LogP contribution in [0.25, 0.3) is 0 Å². The van der Waals surface area contributed by atoms with E-state index in [0.717, 1.165) is 12.3 Å². The molecule has 0 aromatic carbocycles. The molecule has 1 rings (SSSR count). The van der Waals surface area contributed by atoms with Crippen molar-refractivity contribution in [1.82, 2.24) is 4.98 Å². The maximum absolute atomic E-state index is 12.4. The Morgan fingerprint density at radius 3 is 2.71 bits per heavy atom. The van der Waals surface area contributed by atoms with E-state index in [1.165, 1.54) is 0 Å². The van der Waals surface area contributed by atoms with Crippen LogP contribution in [0.4, 0.5) is 24.5 Å². The standard InChI is InChI=1S/C10H14F3N3O/c1-6(2-3-17)16-8-4-9(10(11,12)13)15-5-7(8)14/h4-6,17H,2-3,14H2,1H3,(H,15,16). The highest BCUT2D eigenvalue weighted by Gasteiger charge is 2.33. The second-order valence-electron chi connectivity index (χ2n) is 3.71. The summed E-state index contributed by atoms with van der Waals surface area (Å²) in [6, 6.07) is 0.689. The number of aromatic nitrogens is 1. The third kappa shape index (κ3) is 3.77. The first-order valence-electron chi connectivity index (χ1n) is 5.04. The van der Waals surface area contributed by atoms with E-state index in [2.05, 4.69) is 10.3 Å². The predicted molar refractivity (Wildman–Crippen MR) is 58.4 cm³/mol. The molecule has 17 heavy (non-hydrogen) atoms. The molecule has 1 aromatic heterocycles. The van der Waals surface area contributed by atoms with Gasteiger partial charge in [-0.2, -0.15) is 13.2 Å². The molecule has 1 heterocycles. The zero-order valence-corrected chi connectivity index (χ0v) is 9.25. The molecule has 0 aliphatic rings. The van der Waals surface area contributed by atoms with Gasteiger partial charge in [-0.25, -0.2) is 4.98 Å². The number of halogens is 3.